The smallest absolute Gasteiger partial charge is 0.290 e. The second-order valence-electron chi connectivity index (χ2n) is 4.52. The standard InChI is InChI=1S/C16H11ClN2O2/c17-13-8-12(6-7-16(13)20)14-9-15(19(21)10-18-14)11-4-2-1-3-5-11/h1-10,20H. The highest BCUT2D eigenvalue weighted by Gasteiger charge is 2.13. The van der Waals surface area contributed by atoms with Gasteiger partial charge in [-0.3, -0.25) is 0 Å². The van der Waals surface area contributed by atoms with Gasteiger partial charge in [0.05, 0.1) is 5.02 Å². The molecule has 0 aliphatic heterocycles. The van der Waals surface area contributed by atoms with Crippen molar-refractivity contribution in [3.05, 3.63) is 71.2 Å². The second-order valence-corrected chi connectivity index (χ2v) is 4.92. The highest BCUT2D eigenvalue weighted by Crippen LogP contribution is 2.29. The summed E-state index contributed by atoms with van der Waals surface area (Å²) < 4.78 is 0.723. The maximum absolute atomic E-state index is 11.9. The van der Waals surface area contributed by atoms with Crippen LogP contribution in [0, 0.1) is 5.21 Å². The van der Waals surface area contributed by atoms with E-state index in [0.717, 1.165) is 15.9 Å². The van der Waals surface area contributed by atoms with Crippen LogP contribution in [0.3, 0.4) is 0 Å². The van der Waals surface area contributed by atoms with Crippen molar-refractivity contribution in [1.82, 2.24) is 4.98 Å². The van der Waals surface area contributed by atoms with Crippen LogP contribution in [0.15, 0.2) is 60.9 Å². The van der Waals surface area contributed by atoms with Gasteiger partial charge in [0.25, 0.3) is 6.33 Å². The number of aromatic nitrogens is 2. The first-order valence-electron chi connectivity index (χ1n) is 6.28. The Morgan fingerprint density at radius 2 is 1.76 bits per heavy atom. The monoisotopic (exact) mass is 298 g/mol. The lowest BCUT2D eigenvalue weighted by Gasteiger charge is -2.09. The molecule has 5 heteroatoms. The second kappa shape index (κ2) is 5.42. The van der Waals surface area contributed by atoms with Gasteiger partial charge in [0.1, 0.15) is 11.4 Å². The summed E-state index contributed by atoms with van der Waals surface area (Å²) in [5, 5.41) is 21.6. The van der Waals surface area contributed by atoms with Gasteiger partial charge in [-0.1, -0.05) is 41.9 Å². The lowest BCUT2D eigenvalue weighted by Crippen LogP contribution is -2.29. The van der Waals surface area contributed by atoms with E-state index in [1.165, 1.54) is 12.4 Å². The molecule has 0 spiro atoms. The average molecular weight is 299 g/mol. The fourth-order valence-corrected chi connectivity index (χ4v) is 2.23. The highest BCUT2D eigenvalue weighted by atomic mass is 35.5. The molecular formula is C16H11ClN2O2. The predicted octanol–water partition coefficient (Wildman–Crippen LogP) is 3.41. The Balaban J connectivity index is 2.11. The molecule has 0 aliphatic rings. The third kappa shape index (κ3) is 2.66. The van der Waals surface area contributed by atoms with Crippen LogP contribution in [0.2, 0.25) is 5.02 Å². The van der Waals surface area contributed by atoms with Crippen LogP contribution in [0.4, 0.5) is 0 Å². The number of phenolic OH excluding ortho intramolecular Hbond substituents is 1. The van der Waals surface area contributed by atoms with E-state index in [0.29, 0.717) is 11.4 Å². The summed E-state index contributed by atoms with van der Waals surface area (Å²) in [5.74, 6) is 0.0125. The first-order chi connectivity index (χ1) is 10.1. The van der Waals surface area contributed by atoms with Crippen molar-refractivity contribution in [2.45, 2.75) is 0 Å². The quantitative estimate of drug-likeness (QED) is 0.582. The number of phenols is 1. The first-order valence-corrected chi connectivity index (χ1v) is 6.66. The molecule has 3 rings (SSSR count). The number of nitrogens with zero attached hydrogens (tertiary/aromatic N) is 2. The van der Waals surface area contributed by atoms with Crippen LogP contribution in [0.5, 0.6) is 5.75 Å². The van der Waals surface area contributed by atoms with Crippen LogP contribution in [0.25, 0.3) is 22.5 Å². The van der Waals surface area contributed by atoms with Crippen molar-refractivity contribution in [2.75, 3.05) is 0 Å². The molecular weight excluding hydrogens is 288 g/mol. The van der Waals surface area contributed by atoms with Crippen molar-refractivity contribution >= 4 is 11.6 Å². The van der Waals surface area contributed by atoms with E-state index in [1.807, 2.05) is 30.3 Å². The zero-order valence-corrected chi connectivity index (χ0v) is 11.7. The van der Waals surface area contributed by atoms with E-state index in [1.54, 1.807) is 18.2 Å². The fraction of sp³-hybridized carbons (Fsp3) is 0. The lowest BCUT2D eigenvalue weighted by atomic mass is 10.1. The maximum Gasteiger partial charge on any atom is 0.290 e. The summed E-state index contributed by atoms with van der Waals surface area (Å²) in [7, 11) is 0. The van der Waals surface area contributed by atoms with E-state index in [4.69, 9.17) is 11.6 Å². The van der Waals surface area contributed by atoms with Crippen molar-refractivity contribution in [2.24, 2.45) is 0 Å². The third-order valence-electron chi connectivity index (χ3n) is 3.13. The number of halogens is 1. The zero-order chi connectivity index (χ0) is 14.8. The van der Waals surface area contributed by atoms with Crippen molar-refractivity contribution in [3.63, 3.8) is 0 Å². The van der Waals surface area contributed by atoms with E-state index in [9.17, 15) is 10.3 Å². The van der Waals surface area contributed by atoms with Crippen LogP contribution < -0.4 is 4.73 Å². The van der Waals surface area contributed by atoms with Gasteiger partial charge in [-0.25, -0.2) is 4.73 Å². The van der Waals surface area contributed by atoms with E-state index < -0.39 is 0 Å². The Labute approximate surface area is 126 Å². The van der Waals surface area contributed by atoms with Gasteiger partial charge in [-0.15, -0.1) is 0 Å². The zero-order valence-electron chi connectivity index (χ0n) is 10.9. The van der Waals surface area contributed by atoms with Gasteiger partial charge in [0, 0.05) is 17.2 Å². The molecule has 1 N–H and O–H groups in total. The molecule has 3 aromatic rings. The number of rotatable bonds is 2. The Hall–Kier alpha value is -2.59. The van der Waals surface area contributed by atoms with Crippen LogP contribution in [-0.2, 0) is 0 Å². The van der Waals surface area contributed by atoms with Crippen LogP contribution >= 0.6 is 11.6 Å². The van der Waals surface area contributed by atoms with Crippen molar-refractivity contribution in [3.8, 4) is 28.3 Å². The fourth-order valence-electron chi connectivity index (χ4n) is 2.05. The molecule has 0 aliphatic carbocycles. The summed E-state index contributed by atoms with van der Waals surface area (Å²) >= 11 is 5.91. The molecule has 0 amide bonds. The minimum Gasteiger partial charge on any atom is -0.710 e. The van der Waals surface area contributed by atoms with Gasteiger partial charge in [0.2, 0.25) is 0 Å². The molecule has 0 atom stereocenters. The molecule has 1 aromatic heterocycles. The molecule has 0 saturated carbocycles. The Kier molecular flexibility index (Phi) is 3.46. The molecule has 104 valence electrons. The molecule has 0 radical (unpaired) electrons. The maximum atomic E-state index is 11.9. The number of aromatic hydroxyl groups is 1. The van der Waals surface area contributed by atoms with Gasteiger partial charge >= 0.3 is 0 Å². The van der Waals surface area contributed by atoms with Gasteiger partial charge < -0.3 is 10.3 Å². The minimum absolute atomic E-state index is 0.0125. The van der Waals surface area contributed by atoms with Crippen molar-refractivity contribution < 1.29 is 9.84 Å². The van der Waals surface area contributed by atoms with E-state index >= 15 is 0 Å². The summed E-state index contributed by atoms with van der Waals surface area (Å²) in [6, 6.07) is 15.9. The molecule has 2 aromatic carbocycles. The number of hydrogen-bond donors (Lipinski definition) is 1. The summed E-state index contributed by atoms with van der Waals surface area (Å²) in [6.07, 6.45) is 1.22. The first kappa shape index (κ1) is 13.4. The average Bonchev–Trinajstić information content (AvgIpc) is 2.51. The lowest BCUT2D eigenvalue weighted by molar-refractivity contribution is -0.597. The summed E-state index contributed by atoms with van der Waals surface area (Å²) in [5.41, 5.74) is 2.66. The molecule has 0 bridgehead atoms. The predicted molar refractivity (Wildman–Crippen MR) is 80.7 cm³/mol. The molecule has 4 nitrogen and oxygen atoms in total. The molecule has 0 fully saturated rings. The molecule has 1 heterocycles. The minimum atomic E-state index is 0.0125. The summed E-state index contributed by atoms with van der Waals surface area (Å²) in [6.45, 7) is 0. The SMILES string of the molecule is [O-][n+]1cnc(-c2ccc(O)c(Cl)c2)cc1-c1ccccc1. The van der Waals surface area contributed by atoms with Crippen LogP contribution in [-0.4, -0.2) is 10.1 Å². The number of benzene rings is 2. The summed E-state index contributed by atoms with van der Waals surface area (Å²) in [4.78, 5) is 4.12. The van der Waals surface area contributed by atoms with E-state index in [2.05, 4.69) is 4.98 Å². The van der Waals surface area contributed by atoms with Gasteiger partial charge in [0.15, 0.2) is 5.69 Å². The molecule has 0 saturated heterocycles. The Morgan fingerprint density at radius 3 is 2.48 bits per heavy atom. The Morgan fingerprint density at radius 1 is 1.00 bits per heavy atom. The topological polar surface area (TPSA) is 60.1 Å². The highest BCUT2D eigenvalue weighted by molar-refractivity contribution is 6.32. The van der Waals surface area contributed by atoms with Crippen molar-refractivity contribution in [1.29, 1.82) is 0 Å². The normalized spacial score (nSPS) is 10.5. The Bertz CT molecular complexity index is 792. The van der Waals surface area contributed by atoms with Gasteiger partial charge in [-0.2, -0.15) is 0 Å². The van der Waals surface area contributed by atoms with Crippen LogP contribution in [0.1, 0.15) is 0 Å². The molecule has 0 unspecified atom stereocenters. The third-order valence-corrected chi connectivity index (χ3v) is 3.43. The number of hydrogen-bond acceptors (Lipinski definition) is 3. The largest absolute Gasteiger partial charge is 0.710 e. The molecule has 21 heavy (non-hydrogen) atoms. The van der Waals surface area contributed by atoms with E-state index in [-0.39, 0.29) is 10.8 Å². The van der Waals surface area contributed by atoms with Gasteiger partial charge in [-0.05, 0) is 23.2 Å².